The number of aromatic nitrogens is 2. The van der Waals surface area contributed by atoms with Crippen LogP contribution in [0.3, 0.4) is 0 Å². The fourth-order valence-electron chi connectivity index (χ4n) is 4.70. The maximum Gasteiger partial charge on any atom is 0.326 e. The van der Waals surface area contributed by atoms with Crippen LogP contribution in [-0.2, 0) is 4.79 Å². The van der Waals surface area contributed by atoms with E-state index in [1.807, 2.05) is 0 Å². The van der Waals surface area contributed by atoms with Crippen molar-refractivity contribution in [2.24, 2.45) is 5.92 Å². The normalized spacial score (nSPS) is 27.6. The molecule has 4 N–H and O–H groups in total. The van der Waals surface area contributed by atoms with Crippen molar-refractivity contribution < 1.29 is 19.8 Å². The predicted molar refractivity (Wildman–Crippen MR) is 107 cm³/mol. The van der Waals surface area contributed by atoms with E-state index in [1.165, 1.54) is 0 Å². The molecule has 1 heterocycles. The molecule has 4 rings (SSSR count). The number of nitrogens with one attached hydrogen (secondary N) is 2. The van der Waals surface area contributed by atoms with Gasteiger partial charge in [0, 0.05) is 17.6 Å². The Labute approximate surface area is 167 Å². The molecule has 0 aliphatic heterocycles. The first-order valence-corrected chi connectivity index (χ1v) is 10.4. The van der Waals surface area contributed by atoms with Crippen LogP contribution in [0.15, 0.2) is 23.0 Å². The van der Waals surface area contributed by atoms with Gasteiger partial charge in [-0.15, -0.1) is 0 Å². The molecule has 0 atom stereocenters. The zero-order valence-electron chi connectivity index (χ0n) is 16.3. The van der Waals surface area contributed by atoms with E-state index >= 15 is 0 Å². The third kappa shape index (κ3) is 4.07. The van der Waals surface area contributed by atoms with Crippen molar-refractivity contribution in [3.05, 3.63) is 34.2 Å². The number of nitrogens with zero attached hydrogens (tertiary/aromatic N) is 1. The number of carbonyl (C=O) groups excluding carboxylic acids is 1. The van der Waals surface area contributed by atoms with Crippen molar-refractivity contribution >= 4 is 22.9 Å². The van der Waals surface area contributed by atoms with Gasteiger partial charge in [-0.05, 0) is 69.6 Å². The molecule has 0 bridgehead atoms. The van der Waals surface area contributed by atoms with Crippen LogP contribution in [0.5, 0.6) is 0 Å². The second kappa shape index (κ2) is 8.02. The summed E-state index contributed by atoms with van der Waals surface area (Å²) >= 11 is 0. The highest BCUT2D eigenvalue weighted by Crippen LogP contribution is 2.30. The Morgan fingerprint density at radius 3 is 2.38 bits per heavy atom. The van der Waals surface area contributed by atoms with Crippen LogP contribution in [-0.4, -0.2) is 43.8 Å². The molecule has 29 heavy (non-hydrogen) atoms. The lowest BCUT2D eigenvalue weighted by Crippen LogP contribution is -2.38. The Kier molecular flexibility index (Phi) is 5.45. The zero-order valence-corrected chi connectivity index (χ0v) is 16.3. The molecule has 2 aliphatic rings. The maximum atomic E-state index is 12.6. The number of aliphatic hydroxyl groups excluding tert-OH is 1. The Hall–Kier alpha value is -2.61. The highest BCUT2D eigenvalue weighted by Gasteiger charge is 2.27. The molecular weight excluding hydrogens is 374 g/mol. The number of rotatable bonds is 4. The smallest absolute Gasteiger partial charge is 0.326 e. The van der Waals surface area contributed by atoms with E-state index in [9.17, 15) is 19.5 Å². The van der Waals surface area contributed by atoms with Crippen LogP contribution in [0, 0.1) is 5.92 Å². The van der Waals surface area contributed by atoms with Gasteiger partial charge in [-0.1, -0.05) is 0 Å². The van der Waals surface area contributed by atoms with Gasteiger partial charge in [0.05, 0.1) is 23.1 Å². The zero-order chi connectivity index (χ0) is 20.5. The molecule has 1 aromatic carbocycles. The van der Waals surface area contributed by atoms with Crippen molar-refractivity contribution in [2.75, 3.05) is 0 Å². The molecule has 2 saturated carbocycles. The number of aliphatic carboxylic acids is 1. The first kappa shape index (κ1) is 19.7. The third-order valence-corrected chi connectivity index (χ3v) is 6.42. The number of amides is 1. The minimum absolute atomic E-state index is 0.0221. The van der Waals surface area contributed by atoms with E-state index in [0.717, 1.165) is 18.4 Å². The van der Waals surface area contributed by atoms with Gasteiger partial charge >= 0.3 is 11.7 Å². The lowest BCUT2D eigenvalue weighted by Gasteiger charge is -2.27. The summed E-state index contributed by atoms with van der Waals surface area (Å²) in [6.07, 6.45) is 5.08. The quantitative estimate of drug-likeness (QED) is 0.625. The van der Waals surface area contributed by atoms with E-state index in [0.29, 0.717) is 49.6 Å². The number of benzene rings is 1. The fraction of sp³-hybridized carbons (Fsp3) is 0.571. The van der Waals surface area contributed by atoms with Crippen molar-refractivity contribution in [1.29, 1.82) is 0 Å². The van der Waals surface area contributed by atoms with Crippen molar-refractivity contribution in [2.45, 2.75) is 69.6 Å². The SMILES string of the molecule is O=C(NC1CCC(C(=O)O)CC1)c1ccc2c(c1)[nH]c(=O)n2C1CCC(O)CC1. The molecule has 1 amide bonds. The Morgan fingerprint density at radius 2 is 1.72 bits per heavy atom. The summed E-state index contributed by atoms with van der Waals surface area (Å²) in [6.45, 7) is 0. The predicted octanol–water partition coefficient (Wildman–Crippen LogP) is 2.18. The molecule has 0 saturated heterocycles. The first-order chi connectivity index (χ1) is 13.9. The minimum atomic E-state index is -0.763. The number of hydrogen-bond acceptors (Lipinski definition) is 4. The van der Waals surface area contributed by atoms with E-state index in [4.69, 9.17) is 5.11 Å². The van der Waals surface area contributed by atoms with Gasteiger partial charge in [0.25, 0.3) is 5.91 Å². The molecular formula is C21H27N3O5. The molecule has 8 nitrogen and oxygen atoms in total. The fourth-order valence-corrected chi connectivity index (χ4v) is 4.70. The van der Waals surface area contributed by atoms with E-state index in [1.54, 1.807) is 22.8 Å². The van der Waals surface area contributed by atoms with Crippen LogP contribution >= 0.6 is 0 Å². The number of carboxylic acid groups (broad SMARTS) is 1. The molecule has 0 unspecified atom stereocenters. The van der Waals surface area contributed by atoms with Crippen LogP contribution in [0.1, 0.15) is 67.8 Å². The van der Waals surface area contributed by atoms with Gasteiger partial charge < -0.3 is 20.5 Å². The Morgan fingerprint density at radius 1 is 1.03 bits per heavy atom. The monoisotopic (exact) mass is 401 g/mol. The minimum Gasteiger partial charge on any atom is -0.481 e. The maximum absolute atomic E-state index is 12.6. The van der Waals surface area contributed by atoms with Gasteiger partial charge in [-0.2, -0.15) is 0 Å². The summed E-state index contributed by atoms with van der Waals surface area (Å²) in [7, 11) is 0. The summed E-state index contributed by atoms with van der Waals surface area (Å²) < 4.78 is 1.75. The molecule has 2 fully saturated rings. The molecule has 156 valence electrons. The van der Waals surface area contributed by atoms with Crippen LogP contribution in [0.4, 0.5) is 0 Å². The van der Waals surface area contributed by atoms with Crippen LogP contribution in [0.25, 0.3) is 11.0 Å². The Balaban J connectivity index is 1.47. The number of imidazole rings is 1. The highest BCUT2D eigenvalue weighted by molar-refractivity contribution is 5.97. The van der Waals surface area contributed by atoms with Gasteiger partial charge in [-0.3, -0.25) is 14.2 Å². The Bertz CT molecular complexity index is 962. The molecule has 2 aliphatic carbocycles. The van der Waals surface area contributed by atoms with Gasteiger partial charge in [-0.25, -0.2) is 4.79 Å². The van der Waals surface area contributed by atoms with Gasteiger partial charge in [0.2, 0.25) is 0 Å². The average molecular weight is 401 g/mol. The summed E-state index contributed by atoms with van der Waals surface area (Å²) in [6, 6.07) is 5.26. The molecule has 1 aromatic heterocycles. The highest BCUT2D eigenvalue weighted by atomic mass is 16.4. The topological polar surface area (TPSA) is 124 Å². The molecule has 2 aromatic rings. The van der Waals surface area contributed by atoms with Crippen molar-refractivity contribution in [3.8, 4) is 0 Å². The van der Waals surface area contributed by atoms with Crippen molar-refractivity contribution in [1.82, 2.24) is 14.9 Å². The number of hydrogen-bond donors (Lipinski definition) is 4. The lowest BCUT2D eigenvalue weighted by atomic mass is 9.86. The average Bonchev–Trinajstić information content (AvgIpc) is 3.04. The van der Waals surface area contributed by atoms with Crippen molar-refractivity contribution in [3.63, 3.8) is 0 Å². The number of aromatic amines is 1. The molecule has 8 heteroatoms. The third-order valence-electron chi connectivity index (χ3n) is 6.42. The summed E-state index contributed by atoms with van der Waals surface area (Å²) in [5.74, 6) is -1.29. The number of fused-ring (bicyclic) bond motifs is 1. The second-order valence-electron chi connectivity index (χ2n) is 8.35. The van der Waals surface area contributed by atoms with Gasteiger partial charge in [0.15, 0.2) is 0 Å². The number of H-pyrrole nitrogens is 1. The van der Waals surface area contributed by atoms with E-state index < -0.39 is 5.97 Å². The number of carbonyl (C=O) groups is 2. The second-order valence-corrected chi connectivity index (χ2v) is 8.35. The summed E-state index contributed by atoms with van der Waals surface area (Å²) in [5, 5.41) is 21.8. The van der Waals surface area contributed by atoms with Crippen LogP contribution < -0.4 is 11.0 Å². The summed E-state index contributed by atoms with van der Waals surface area (Å²) in [4.78, 5) is 39.1. The summed E-state index contributed by atoms with van der Waals surface area (Å²) in [5.41, 5.74) is 1.69. The van der Waals surface area contributed by atoms with Gasteiger partial charge in [0.1, 0.15) is 0 Å². The lowest BCUT2D eigenvalue weighted by molar-refractivity contribution is -0.142. The molecule has 0 spiro atoms. The van der Waals surface area contributed by atoms with E-state index in [-0.39, 0.29) is 35.7 Å². The number of aliphatic hydroxyl groups is 1. The molecule has 0 radical (unpaired) electrons. The van der Waals surface area contributed by atoms with Crippen LogP contribution in [0.2, 0.25) is 0 Å². The largest absolute Gasteiger partial charge is 0.481 e. The first-order valence-electron chi connectivity index (χ1n) is 10.4. The number of carboxylic acids is 1. The van der Waals surface area contributed by atoms with E-state index in [2.05, 4.69) is 10.3 Å². The standard InChI is InChI=1S/C21H27N3O5/c25-16-8-6-15(7-9-16)24-18-10-3-13(11-17(18)23-21(24)29)19(26)22-14-4-1-12(2-5-14)20(27)28/h3,10-12,14-16,25H,1-2,4-9H2,(H,22,26)(H,23,29)(H,27,28).